The van der Waals surface area contributed by atoms with Gasteiger partial charge in [0.1, 0.15) is 12.4 Å². The van der Waals surface area contributed by atoms with Crippen molar-refractivity contribution in [1.82, 2.24) is 16.2 Å². The van der Waals surface area contributed by atoms with Crippen LogP contribution in [0.25, 0.3) is 0 Å². The molecule has 7 nitrogen and oxygen atoms in total. The van der Waals surface area contributed by atoms with Crippen molar-refractivity contribution in [2.75, 3.05) is 20.3 Å². The Labute approximate surface area is 182 Å². The monoisotopic (exact) mass is 429 g/mol. The van der Waals surface area contributed by atoms with Crippen LogP contribution in [-0.4, -0.2) is 37.3 Å². The number of ether oxygens (including phenoxy) is 2. The molecule has 2 aromatic carbocycles. The van der Waals surface area contributed by atoms with E-state index in [1.807, 2.05) is 12.1 Å². The van der Waals surface area contributed by atoms with E-state index in [2.05, 4.69) is 36.9 Å². The lowest BCUT2D eigenvalue weighted by Gasteiger charge is -2.19. The largest absolute Gasteiger partial charge is 0.491 e. The molecule has 0 aliphatic heterocycles. The second-order valence-corrected chi connectivity index (χ2v) is 7.96. The molecule has 0 bridgehead atoms. The zero-order valence-corrected chi connectivity index (χ0v) is 18.4. The van der Waals surface area contributed by atoms with Crippen molar-refractivity contribution >= 4 is 29.1 Å². The highest BCUT2D eigenvalue weighted by Crippen LogP contribution is 2.22. The number of hydrazine groups is 1. The normalized spacial score (nSPS) is 10.8. The Bertz CT molecular complexity index is 875. The van der Waals surface area contributed by atoms with E-state index in [1.165, 1.54) is 0 Å². The smallest absolute Gasteiger partial charge is 0.269 e. The predicted molar refractivity (Wildman–Crippen MR) is 120 cm³/mol. The third-order valence-electron chi connectivity index (χ3n) is 4.20. The third kappa shape index (κ3) is 7.13. The summed E-state index contributed by atoms with van der Waals surface area (Å²) in [5.74, 6) is -0.126. The Morgan fingerprint density at radius 3 is 2.00 bits per heavy atom. The first-order valence-electron chi connectivity index (χ1n) is 9.44. The average molecular weight is 430 g/mol. The summed E-state index contributed by atoms with van der Waals surface area (Å²) in [7, 11) is 1.60. The summed E-state index contributed by atoms with van der Waals surface area (Å²) in [5, 5.41) is 2.50. The number of hydrogen-bond acceptors (Lipinski definition) is 5. The maximum atomic E-state index is 12.3. The molecule has 3 N–H and O–H groups in total. The van der Waals surface area contributed by atoms with Crippen molar-refractivity contribution in [3.8, 4) is 5.75 Å². The quantitative estimate of drug-likeness (QED) is 0.372. The van der Waals surface area contributed by atoms with E-state index in [-0.39, 0.29) is 16.4 Å². The van der Waals surface area contributed by atoms with Gasteiger partial charge in [-0.2, -0.15) is 0 Å². The zero-order valence-electron chi connectivity index (χ0n) is 17.6. The number of hydrogen-bond donors (Lipinski definition) is 3. The molecule has 0 saturated heterocycles. The van der Waals surface area contributed by atoms with Gasteiger partial charge in [0.05, 0.1) is 6.61 Å². The number of amides is 2. The summed E-state index contributed by atoms with van der Waals surface area (Å²) in [6.07, 6.45) is 0. The topological polar surface area (TPSA) is 88.7 Å². The second kappa shape index (κ2) is 10.7. The molecule has 8 heteroatoms. The van der Waals surface area contributed by atoms with Gasteiger partial charge >= 0.3 is 0 Å². The third-order valence-corrected chi connectivity index (χ3v) is 4.41. The summed E-state index contributed by atoms with van der Waals surface area (Å²) in [6.45, 7) is 7.22. The van der Waals surface area contributed by atoms with E-state index in [9.17, 15) is 9.59 Å². The molecule has 0 radical (unpaired) electrons. The minimum Gasteiger partial charge on any atom is -0.491 e. The van der Waals surface area contributed by atoms with Gasteiger partial charge in [-0.3, -0.25) is 25.8 Å². The molecule has 2 amide bonds. The first-order valence-corrected chi connectivity index (χ1v) is 9.85. The fourth-order valence-electron chi connectivity index (χ4n) is 2.46. The van der Waals surface area contributed by atoms with Crippen molar-refractivity contribution in [3.05, 3.63) is 65.2 Å². The molecule has 2 rings (SSSR count). The lowest BCUT2D eigenvalue weighted by Crippen LogP contribution is -2.48. The zero-order chi connectivity index (χ0) is 22.1. The van der Waals surface area contributed by atoms with E-state index >= 15 is 0 Å². The van der Waals surface area contributed by atoms with Crippen LogP contribution in [0.1, 0.15) is 47.1 Å². The molecular formula is C22H27N3O4S. The Morgan fingerprint density at radius 2 is 1.43 bits per heavy atom. The fourth-order valence-corrected chi connectivity index (χ4v) is 2.60. The summed E-state index contributed by atoms with van der Waals surface area (Å²) in [5.41, 5.74) is 7.03. The fraction of sp³-hybridized carbons (Fsp3) is 0.318. The SMILES string of the molecule is COCCOc1ccc(C(=O)NC(=S)NNC(=O)c2ccc(C(C)(C)C)cc2)cc1. The number of nitrogens with one attached hydrogen (secondary N) is 3. The van der Waals surface area contributed by atoms with Gasteiger partial charge in [-0.05, 0) is 59.6 Å². The van der Waals surface area contributed by atoms with Gasteiger partial charge in [-0.25, -0.2) is 0 Å². The molecule has 0 aliphatic carbocycles. The minimum absolute atomic E-state index is 0.00730. The highest BCUT2D eigenvalue weighted by atomic mass is 32.1. The molecular weight excluding hydrogens is 402 g/mol. The number of rotatable bonds is 6. The van der Waals surface area contributed by atoms with Crippen LogP contribution in [0, 0.1) is 0 Å². The van der Waals surface area contributed by atoms with Crippen LogP contribution in [0.2, 0.25) is 0 Å². The molecule has 2 aromatic rings. The average Bonchev–Trinajstić information content (AvgIpc) is 2.72. The predicted octanol–water partition coefficient (Wildman–Crippen LogP) is 2.96. The lowest BCUT2D eigenvalue weighted by atomic mass is 9.87. The highest BCUT2D eigenvalue weighted by Gasteiger charge is 2.14. The van der Waals surface area contributed by atoms with E-state index in [0.717, 1.165) is 5.56 Å². The summed E-state index contributed by atoms with van der Waals surface area (Å²) >= 11 is 5.07. The summed E-state index contributed by atoms with van der Waals surface area (Å²) in [4.78, 5) is 24.5. The van der Waals surface area contributed by atoms with Gasteiger partial charge in [-0.15, -0.1) is 0 Å². The van der Waals surface area contributed by atoms with Gasteiger partial charge in [0, 0.05) is 18.2 Å². The van der Waals surface area contributed by atoms with Gasteiger partial charge < -0.3 is 9.47 Å². The molecule has 30 heavy (non-hydrogen) atoms. The van der Waals surface area contributed by atoms with Crippen LogP contribution in [0.3, 0.4) is 0 Å². The van der Waals surface area contributed by atoms with E-state index < -0.39 is 5.91 Å². The Morgan fingerprint density at radius 1 is 0.867 bits per heavy atom. The molecule has 0 unspecified atom stereocenters. The van der Waals surface area contributed by atoms with Crippen molar-refractivity contribution in [2.45, 2.75) is 26.2 Å². The van der Waals surface area contributed by atoms with Crippen molar-refractivity contribution < 1.29 is 19.1 Å². The Balaban J connectivity index is 1.82. The molecule has 160 valence electrons. The summed E-state index contributed by atoms with van der Waals surface area (Å²) < 4.78 is 10.4. The van der Waals surface area contributed by atoms with E-state index in [1.54, 1.807) is 43.5 Å². The van der Waals surface area contributed by atoms with Gasteiger partial charge in [0.25, 0.3) is 11.8 Å². The standard InChI is InChI=1S/C22H27N3O4S/c1-22(2,3)17-9-5-16(6-10-17)20(27)24-25-21(30)23-19(26)15-7-11-18(12-8-15)29-14-13-28-4/h5-12H,13-14H2,1-4H3,(H,24,27)(H2,23,25,26,30). The molecule has 0 aromatic heterocycles. The first-order chi connectivity index (χ1) is 14.2. The van der Waals surface area contributed by atoms with Crippen LogP contribution in [0.5, 0.6) is 5.75 Å². The van der Waals surface area contributed by atoms with Crippen molar-refractivity contribution in [2.24, 2.45) is 0 Å². The van der Waals surface area contributed by atoms with Gasteiger partial charge in [0.2, 0.25) is 0 Å². The van der Waals surface area contributed by atoms with Crippen LogP contribution in [-0.2, 0) is 10.2 Å². The molecule has 0 aliphatic rings. The number of thiocarbonyl (C=S) groups is 1. The first kappa shape index (κ1) is 23.3. The summed E-state index contributed by atoms with van der Waals surface area (Å²) in [6, 6.07) is 13.9. The van der Waals surface area contributed by atoms with Gasteiger partial charge in [0.15, 0.2) is 5.11 Å². The molecule has 0 spiro atoms. The number of carbonyl (C=O) groups excluding carboxylic acids is 2. The lowest BCUT2D eigenvalue weighted by molar-refractivity contribution is 0.0934. The highest BCUT2D eigenvalue weighted by molar-refractivity contribution is 7.80. The number of benzene rings is 2. The molecule has 0 saturated carbocycles. The number of methoxy groups -OCH3 is 1. The Kier molecular flexibility index (Phi) is 8.32. The Hall–Kier alpha value is -2.97. The second-order valence-electron chi connectivity index (χ2n) is 7.56. The van der Waals surface area contributed by atoms with Crippen LogP contribution < -0.4 is 20.9 Å². The maximum absolute atomic E-state index is 12.3. The molecule has 0 fully saturated rings. The van der Waals surface area contributed by atoms with Crippen molar-refractivity contribution in [3.63, 3.8) is 0 Å². The van der Waals surface area contributed by atoms with Crippen LogP contribution >= 0.6 is 12.2 Å². The molecule has 0 heterocycles. The van der Waals surface area contributed by atoms with Crippen molar-refractivity contribution in [1.29, 1.82) is 0 Å². The minimum atomic E-state index is -0.403. The van der Waals surface area contributed by atoms with E-state index in [4.69, 9.17) is 21.7 Å². The van der Waals surface area contributed by atoms with Gasteiger partial charge in [-0.1, -0.05) is 32.9 Å². The number of carbonyl (C=O) groups is 2. The van der Waals surface area contributed by atoms with Crippen LogP contribution in [0.15, 0.2) is 48.5 Å². The molecule has 0 atom stereocenters. The van der Waals surface area contributed by atoms with Crippen LogP contribution in [0.4, 0.5) is 0 Å². The van der Waals surface area contributed by atoms with E-state index in [0.29, 0.717) is 30.1 Å². The maximum Gasteiger partial charge on any atom is 0.269 e.